The summed E-state index contributed by atoms with van der Waals surface area (Å²) in [6.07, 6.45) is 17.1. The van der Waals surface area contributed by atoms with Crippen LogP contribution in [-0.2, 0) is 14.4 Å². The number of aliphatic carboxylic acids is 1. The van der Waals surface area contributed by atoms with Crippen LogP contribution in [0.2, 0.25) is 0 Å². The van der Waals surface area contributed by atoms with Gasteiger partial charge in [-0.3, -0.25) is 9.59 Å². The zero-order valence-electron chi connectivity index (χ0n) is 37.1. The maximum absolute atomic E-state index is 16.2. The van der Waals surface area contributed by atoms with Crippen molar-refractivity contribution in [2.24, 2.45) is 73.1 Å². The molecule has 0 amide bonds. The number of ketones is 2. The van der Waals surface area contributed by atoms with Crippen molar-refractivity contribution in [1.82, 2.24) is 0 Å². The summed E-state index contributed by atoms with van der Waals surface area (Å²) < 4.78 is 0. The van der Waals surface area contributed by atoms with Gasteiger partial charge in [0.15, 0.2) is 11.7 Å². The number of benzene rings is 1. The van der Waals surface area contributed by atoms with Crippen molar-refractivity contribution in [3.8, 4) is 11.8 Å². The van der Waals surface area contributed by atoms with Crippen LogP contribution in [0.4, 0.5) is 0 Å². The van der Waals surface area contributed by atoms with E-state index in [1.54, 1.807) is 6.08 Å². The molecule has 9 aliphatic carbocycles. The van der Waals surface area contributed by atoms with E-state index in [-0.39, 0.29) is 54.7 Å². The van der Waals surface area contributed by atoms with E-state index in [0.29, 0.717) is 48.8 Å². The van der Waals surface area contributed by atoms with Crippen LogP contribution >= 0.6 is 0 Å². The maximum Gasteiger partial charge on any atom is 0.331 e. The van der Waals surface area contributed by atoms with Gasteiger partial charge in [-0.2, -0.15) is 0 Å². The lowest BCUT2D eigenvalue weighted by molar-refractivity contribution is -0.183. The molecule has 13 unspecified atom stereocenters. The number of carboxylic acids is 1. The van der Waals surface area contributed by atoms with Gasteiger partial charge in [0, 0.05) is 75.7 Å². The van der Waals surface area contributed by atoms with Crippen LogP contribution in [0.3, 0.4) is 0 Å². The Hall–Kier alpha value is -4.56. The first-order chi connectivity index (χ1) is 29.8. The number of nitrogens with two attached hydrogens (primary N) is 2. The van der Waals surface area contributed by atoms with Gasteiger partial charge in [0.25, 0.3) is 0 Å². The molecule has 0 radical (unpaired) electrons. The Morgan fingerprint density at radius 1 is 0.937 bits per heavy atom. The number of aliphatic hydroxyl groups excluding tert-OH is 1. The molecule has 4 saturated carbocycles. The van der Waals surface area contributed by atoms with Crippen LogP contribution in [-0.4, -0.2) is 66.8 Å². The summed E-state index contributed by atoms with van der Waals surface area (Å²) in [5, 5.41) is 51.4. The average molecular weight is 854 g/mol. The molecule has 0 aliphatic heterocycles. The molecule has 1 aromatic carbocycles. The predicted molar refractivity (Wildman–Crippen MR) is 240 cm³/mol. The number of allylic oxidation sites excluding steroid dienone is 2. The topological polar surface area (TPSA) is 197 Å². The van der Waals surface area contributed by atoms with E-state index >= 15 is 4.79 Å². The second-order valence-corrected chi connectivity index (χ2v) is 21.6. The summed E-state index contributed by atoms with van der Waals surface area (Å²) in [4.78, 5) is 48.1. The Bertz CT molecular complexity index is 2460. The molecule has 10 heteroatoms. The number of aliphatic imine (C=N–C) groups is 1. The summed E-state index contributed by atoms with van der Waals surface area (Å²) in [5.41, 5.74) is 5.73. The zero-order valence-corrected chi connectivity index (χ0v) is 37.1. The second kappa shape index (κ2) is 13.7. The molecule has 10 rings (SSSR count). The SMILES string of the molecule is CC(C(=O)O)=C1CCC2(N=C(N)N)C=CC3(CC4(O)C=CC5(O)C6=C7C(=O)CC3(C3CCCC3)C64CCC#CCC3(C)C(=O)CCC7(C)C3C5C=Cc3ccccc3)C(C)C2C1O. The van der Waals surface area contributed by atoms with Crippen LogP contribution < -0.4 is 11.5 Å². The van der Waals surface area contributed by atoms with Crippen LogP contribution in [0.5, 0.6) is 0 Å². The van der Waals surface area contributed by atoms with Gasteiger partial charge in [0.1, 0.15) is 11.4 Å². The first-order valence-corrected chi connectivity index (χ1v) is 23.4. The predicted octanol–water partition coefficient (Wildman–Crippen LogP) is 6.75. The molecule has 2 spiro atoms. The maximum atomic E-state index is 16.2. The Balaban J connectivity index is 1.31. The minimum atomic E-state index is -1.76. The van der Waals surface area contributed by atoms with Gasteiger partial charge in [-0.1, -0.05) is 94.3 Å². The van der Waals surface area contributed by atoms with Gasteiger partial charge in [-0.15, -0.1) is 11.8 Å². The highest BCUT2D eigenvalue weighted by atomic mass is 16.4. The summed E-state index contributed by atoms with van der Waals surface area (Å²) >= 11 is 0. The van der Waals surface area contributed by atoms with E-state index in [9.17, 15) is 30.0 Å². The van der Waals surface area contributed by atoms with Gasteiger partial charge < -0.3 is 31.9 Å². The first-order valence-electron chi connectivity index (χ1n) is 23.4. The third kappa shape index (κ3) is 5.08. The minimum Gasteiger partial charge on any atom is -0.478 e. The number of carbonyl (C=O) groups excluding carboxylic acids is 2. The highest BCUT2D eigenvalue weighted by Crippen LogP contribution is 2.86. The molecule has 8 N–H and O–H groups in total. The quantitative estimate of drug-likeness (QED) is 0.0610. The number of rotatable bonds is 5. The van der Waals surface area contributed by atoms with Gasteiger partial charge >= 0.3 is 5.97 Å². The van der Waals surface area contributed by atoms with E-state index in [4.69, 9.17) is 16.5 Å². The third-order valence-electron chi connectivity index (χ3n) is 19.4. The van der Waals surface area contributed by atoms with Gasteiger partial charge in [-0.25, -0.2) is 9.79 Å². The van der Waals surface area contributed by atoms with Crippen molar-refractivity contribution < 1.29 is 34.8 Å². The smallest absolute Gasteiger partial charge is 0.331 e. The van der Waals surface area contributed by atoms with Crippen LogP contribution in [0.15, 0.2) is 88.0 Å². The molecule has 0 saturated heterocycles. The second-order valence-electron chi connectivity index (χ2n) is 21.6. The van der Waals surface area contributed by atoms with Crippen LogP contribution in [0.25, 0.3) is 6.08 Å². The molecule has 13 atom stereocenters. The van der Waals surface area contributed by atoms with Crippen molar-refractivity contribution in [2.45, 2.75) is 134 Å². The lowest BCUT2D eigenvalue weighted by Crippen LogP contribution is -2.72. The summed E-state index contributed by atoms with van der Waals surface area (Å²) in [5.74, 6) is 3.42. The van der Waals surface area contributed by atoms with Gasteiger partial charge in [0.05, 0.1) is 17.2 Å². The monoisotopic (exact) mass is 853 g/mol. The van der Waals surface area contributed by atoms with Gasteiger partial charge in [0.2, 0.25) is 0 Å². The fourth-order valence-corrected chi connectivity index (χ4v) is 17.2. The van der Waals surface area contributed by atoms with Crippen LogP contribution in [0, 0.1) is 68.5 Å². The molecule has 0 heterocycles. The molecule has 1 aromatic rings. The number of aliphatic hydroxyl groups is 3. The molecule has 0 aromatic heterocycles. The molecular weight excluding hydrogens is 791 g/mol. The van der Waals surface area contributed by atoms with E-state index in [1.165, 1.54) is 6.92 Å². The zero-order chi connectivity index (χ0) is 44.8. The highest BCUT2D eigenvalue weighted by Gasteiger charge is 2.86. The largest absolute Gasteiger partial charge is 0.478 e. The number of guanidine groups is 1. The standard InChI is InChI=1S/C53H63N3O7/c1-31(44(60)61)35-19-24-49(56-45(54)55)26-25-48(32(2)39(49)41(35)59)30-50(62)27-28-51(63)36(18-17-33-13-7-5-8-14-33)42-46(3)21-11-6-12-22-52(50)43(51)40(47(42,4)23-20-38(46)58)37(57)29-53(48,52)34-15-9-10-16-34/h5,7-8,13-14,17-18,25-28,32,34,36,39,41-42,59,62-63H,9-10,12,15-16,19-24,29-30H2,1-4H3,(H,60,61)(H4,54,55,56). The fourth-order valence-electron chi connectivity index (χ4n) is 17.2. The molecule has 4 fully saturated rings. The number of hydrogen-bond donors (Lipinski definition) is 6. The summed E-state index contributed by atoms with van der Waals surface area (Å²) in [6.45, 7) is 7.78. The Kier molecular flexibility index (Phi) is 9.24. The summed E-state index contributed by atoms with van der Waals surface area (Å²) in [7, 11) is 0. The molecule has 9 aliphatic rings. The first kappa shape index (κ1) is 42.4. The Morgan fingerprint density at radius 2 is 1.67 bits per heavy atom. The van der Waals surface area contributed by atoms with Crippen molar-refractivity contribution in [3.05, 3.63) is 88.6 Å². The molecule has 4 bridgehead atoms. The molecular formula is C53H63N3O7. The van der Waals surface area contributed by atoms with Gasteiger partial charge in [-0.05, 0) is 92.4 Å². The Labute approximate surface area is 370 Å². The number of carbonyl (C=O) groups is 3. The number of nitrogens with zero attached hydrogens (tertiary/aromatic N) is 1. The van der Waals surface area contributed by atoms with Crippen molar-refractivity contribution >= 4 is 29.6 Å². The molecule has 63 heavy (non-hydrogen) atoms. The Morgan fingerprint density at radius 3 is 2.37 bits per heavy atom. The fraction of sp³-hybridized carbons (Fsp3) is 0.585. The molecule has 332 valence electrons. The number of carboxylic acid groups (broad SMARTS) is 1. The van der Waals surface area contributed by atoms with Crippen molar-refractivity contribution in [2.75, 3.05) is 0 Å². The van der Waals surface area contributed by atoms with E-state index in [1.807, 2.05) is 55.5 Å². The normalized spacial score (nSPS) is 46.7. The molecule has 10 nitrogen and oxygen atoms in total. The minimum absolute atomic E-state index is 0.0344. The lowest BCUT2D eigenvalue weighted by atomic mass is 9.32. The lowest BCUT2D eigenvalue weighted by Gasteiger charge is -2.71. The average Bonchev–Trinajstić information content (AvgIpc) is 3.84. The van der Waals surface area contributed by atoms with E-state index in [2.05, 4.69) is 37.8 Å². The van der Waals surface area contributed by atoms with Crippen LogP contribution in [0.1, 0.15) is 117 Å². The third-order valence-corrected chi connectivity index (χ3v) is 19.4. The highest BCUT2D eigenvalue weighted by molar-refractivity contribution is 6.02. The summed E-state index contributed by atoms with van der Waals surface area (Å²) in [6, 6.07) is 9.94. The van der Waals surface area contributed by atoms with Crippen molar-refractivity contribution in [1.29, 1.82) is 0 Å². The number of Topliss-reactive ketones (excluding diaryl/α,β-unsaturated/α-hetero) is 2. The van der Waals surface area contributed by atoms with E-state index < -0.39 is 79.6 Å². The van der Waals surface area contributed by atoms with E-state index in [0.717, 1.165) is 31.2 Å². The number of fused-ring (bicyclic) bond motifs is 3. The van der Waals surface area contributed by atoms with Crippen molar-refractivity contribution in [3.63, 3.8) is 0 Å². The number of hydrogen-bond acceptors (Lipinski definition) is 7.